The number of carboxylic acids is 1. The summed E-state index contributed by atoms with van der Waals surface area (Å²) >= 11 is 0. The summed E-state index contributed by atoms with van der Waals surface area (Å²) in [5, 5.41) is 9.09. The lowest BCUT2D eigenvalue weighted by atomic mass is 9.72. The Bertz CT molecular complexity index is 700. The van der Waals surface area contributed by atoms with Crippen LogP contribution in [0.15, 0.2) is 47.6 Å². The molecule has 0 spiro atoms. The zero-order valence-corrected chi connectivity index (χ0v) is 13.7. The van der Waals surface area contributed by atoms with Gasteiger partial charge in [-0.15, -0.1) is 0 Å². The van der Waals surface area contributed by atoms with E-state index in [1.807, 2.05) is 30.1 Å². The first kappa shape index (κ1) is 17.9. The molecule has 3 rings (SSSR count). The highest BCUT2D eigenvalue weighted by Crippen LogP contribution is 2.48. The Morgan fingerprint density at radius 2 is 2.04 bits per heavy atom. The van der Waals surface area contributed by atoms with E-state index >= 15 is 0 Å². The van der Waals surface area contributed by atoms with Crippen LogP contribution >= 0.6 is 0 Å². The van der Waals surface area contributed by atoms with Crippen molar-refractivity contribution in [3.05, 3.63) is 47.6 Å². The number of carbonyl (C=O) groups is 1. The Hall–Kier alpha value is -1.89. The van der Waals surface area contributed by atoms with Gasteiger partial charge < -0.3 is 5.11 Å². The first-order valence-corrected chi connectivity index (χ1v) is 8.06. The largest absolute Gasteiger partial charge is 0.481 e. The number of halogens is 4. The molecule has 1 saturated heterocycles. The van der Waals surface area contributed by atoms with Crippen LogP contribution in [0.5, 0.6) is 0 Å². The molecule has 0 aromatic rings. The van der Waals surface area contributed by atoms with Crippen molar-refractivity contribution in [2.45, 2.75) is 37.1 Å². The molecule has 0 aromatic heterocycles. The molecule has 3 aliphatic rings. The predicted octanol–water partition coefficient (Wildman–Crippen LogP) is 3.80. The number of likely N-dealkylation sites (tertiary alicyclic amines) is 1. The van der Waals surface area contributed by atoms with Crippen LogP contribution in [0.4, 0.5) is 17.6 Å². The molecule has 2 atom stereocenters. The summed E-state index contributed by atoms with van der Waals surface area (Å²) in [6, 6.07) is 0. The van der Waals surface area contributed by atoms with Crippen molar-refractivity contribution in [3.8, 4) is 0 Å². The maximum atomic E-state index is 14.5. The quantitative estimate of drug-likeness (QED) is 0.781. The molecule has 1 heterocycles. The normalized spacial score (nSPS) is 33.6. The summed E-state index contributed by atoms with van der Waals surface area (Å²) in [5.41, 5.74) is -3.12. The van der Waals surface area contributed by atoms with E-state index in [1.165, 1.54) is 6.08 Å². The Morgan fingerprint density at radius 1 is 1.36 bits per heavy atom. The number of hydrogen-bond acceptors (Lipinski definition) is 2. The SMILES string of the molecule is CC1=CC(C2=CC=CC(F)(C(F)(F)F)C2)(N2CC(C(=O)O)C2)CC=C1. The molecular weight excluding hydrogens is 338 g/mol. The van der Waals surface area contributed by atoms with Crippen molar-refractivity contribution >= 4 is 5.97 Å². The van der Waals surface area contributed by atoms with Gasteiger partial charge in [-0.1, -0.05) is 36.0 Å². The molecule has 0 radical (unpaired) electrons. The topological polar surface area (TPSA) is 40.5 Å². The van der Waals surface area contributed by atoms with Gasteiger partial charge in [-0.3, -0.25) is 9.69 Å². The number of rotatable bonds is 3. The fourth-order valence-electron chi connectivity index (χ4n) is 3.72. The van der Waals surface area contributed by atoms with Crippen LogP contribution in [0.3, 0.4) is 0 Å². The molecule has 3 nitrogen and oxygen atoms in total. The van der Waals surface area contributed by atoms with Crippen LogP contribution in [-0.2, 0) is 4.79 Å². The molecule has 2 aliphatic carbocycles. The van der Waals surface area contributed by atoms with Gasteiger partial charge >= 0.3 is 12.1 Å². The average molecular weight is 357 g/mol. The first-order chi connectivity index (χ1) is 11.6. The standard InChI is InChI=1S/C18H19F4NO2/c1-12-4-2-6-16(8-12,23-10-13(11-23)15(24)25)14-5-3-7-17(19,9-14)18(20,21)22/h2-5,7-8,13H,6,9-11H2,1H3,(H,24,25). The van der Waals surface area contributed by atoms with E-state index in [0.717, 1.165) is 11.6 Å². The third kappa shape index (κ3) is 2.94. The summed E-state index contributed by atoms with van der Waals surface area (Å²) in [7, 11) is 0. The Morgan fingerprint density at radius 3 is 2.60 bits per heavy atom. The lowest BCUT2D eigenvalue weighted by molar-refractivity contribution is -0.212. The molecule has 0 bridgehead atoms. The van der Waals surface area contributed by atoms with Crippen LogP contribution < -0.4 is 0 Å². The van der Waals surface area contributed by atoms with E-state index in [0.29, 0.717) is 18.1 Å². The molecule has 1 N–H and O–H groups in total. The fourth-order valence-corrected chi connectivity index (χ4v) is 3.72. The minimum Gasteiger partial charge on any atom is -0.481 e. The molecule has 2 unspecified atom stereocenters. The van der Waals surface area contributed by atoms with Crippen molar-refractivity contribution in [3.63, 3.8) is 0 Å². The van der Waals surface area contributed by atoms with Gasteiger partial charge in [-0.05, 0) is 25.0 Å². The summed E-state index contributed by atoms with van der Waals surface area (Å²) in [4.78, 5) is 12.9. The van der Waals surface area contributed by atoms with E-state index in [2.05, 4.69) is 0 Å². The number of allylic oxidation sites excluding steroid dienone is 5. The zero-order valence-electron chi connectivity index (χ0n) is 13.7. The average Bonchev–Trinajstić information content (AvgIpc) is 2.44. The molecule has 7 heteroatoms. The van der Waals surface area contributed by atoms with Gasteiger partial charge in [0.25, 0.3) is 0 Å². The van der Waals surface area contributed by atoms with Gasteiger partial charge in [-0.2, -0.15) is 13.2 Å². The van der Waals surface area contributed by atoms with Crippen LogP contribution in [0.2, 0.25) is 0 Å². The van der Waals surface area contributed by atoms with Gasteiger partial charge in [0.05, 0.1) is 11.5 Å². The Labute approximate surface area is 143 Å². The maximum absolute atomic E-state index is 14.5. The van der Waals surface area contributed by atoms with E-state index in [1.54, 1.807) is 0 Å². The fraction of sp³-hybridized carbons (Fsp3) is 0.500. The summed E-state index contributed by atoms with van der Waals surface area (Å²) in [6.07, 6.45) is 3.34. The molecule has 136 valence electrons. The number of nitrogens with zero attached hydrogens (tertiary/aromatic N) is 1. The van der Waals surface area contributed by atoms with Gasteiger partial charge in [0.15, 0.2) is 0 Å². The van der Waals surface area contributed by atoms with Crippen LogP contribution in [-0.4, -0.2) is 46.4 Å². The lowest BCUT2D eigenvalue weighted by Crippen LogP contribution is -2.62. The second-order valence-electron chi connectivity index (χ2n) is 6.95. The minimum absolute atomic E-state index is 0.235. The second-order valence-corrected chi connectivity index (χ2v) is 6.95. The predicted molar refractivity (Wildman–Crippen MR) is 84.7 cm³/mol. The number of aliphatic carboxylic acids is 1. The van der Waals surface area contributed by atoms with E-state index in [-0.39, 0.29) is 13.1 Å². The third-order valence-electron chi connectivity index (χ3n) is 5.20. The number of hydrogen-bond donors (Lipinski definition) is 1. The van der Waals surface area contributed by atoms with Gasteiger partial charge in [0, 0.05) is 19.5 Å². The van der Waals surface area contributed by atoms with Gasteiger partial charge in [0.2, 0.25) is 5.67 Å². The summed E-state index contributed by atoms with van der Waals surface area (Å²) in [5.74, 6) is -1.47. The van der Waals surface area contributed by atoms with Crippen LogP contribution in [0.1, 0.15) is 19.8 Å². The Balaban J connectivity index is 1.95. The monoisotopic (exact) mass is 357 g/mol. The highest BCUT2D eigenvalue weighted by Gasteiger charge is 2.58. The maximum Gasteiger partial charge on any atom is 0.426 e. The zero-order chi connectivity index (χ0) is 18.5. The van der Waals surface area contributed by atoms with Crippen molar-refractivity contribution in [1.29, 1.82) is 0 Å². The summed E-state index contributed by atoms with van der Waals surface area (Å²) < 4.78 is 54.0. The summed E-state index contributed by atoms with van der Waals surface area (Å²) in [6.45, 7) is 2.29. The smallest absolute Gasteiger partial charge is 0.426 e. The van der Waals surface area contributed by atoms with E-state index in [4.69, 9.17) is 5.11 Å². The minimum atomic E-state index is -4.99. The molecule has 0 aromatic carbocycles. The van der Waals surface area contributed by atoms with Crippen molar-refractivity contribution in [1.82, 2.24) is 4.90 Å². The van der Waals surface area contributed by atoms with E-state index in [9.17, 15) is 22.4 Å². The van der Waals surface area contributed by atoms with Crippen LogP contribution in [0, 0.1) is 5.92 Å². The van der Waals surface area contributed by atoms with Crippen molar-refractivity contribution in [2.75, 3.05) is 13.1 Å². The molecule has 1 fully saturated rings. The highest BCUT2D eigenvalue weighted by atomic mass is 19.4. The molecule has 1 aliphatic heterocycles. The molecule has 0 saturated carbocycles. The van der Waals surface area contributed by atoms with Gasteiger partial charge in [0.1, 0.15) is 0 Å². The second kappa shape index (κ2) is 5.83. The highest BCUT2D eigenvalue weighted by molar-refractivity contribution is 5.72. The first-order valence-electron chi connectivity index (χ1n) is 8.06. The number of carboxylic acid groups (broad SMARTS) is 1. The molecule has 25 heavy (non-hydrogen) atoms. The number of alkyl halides is 4. The van der Waals surface area contributed by atoms with Crippen molar-refractivity contribution in [2.24, 2.45) is 5.92 Å². The molecule has 0 amide bonds. The third-order valence-corrected chi connectivity index (χ3v) is 5.20. The Kier molecular flexibility index (Phi) is 4.18. The lowest BCUT2D eigenvalue weighted by Gasteiger charge is -2.53. The van der Waals surface area contributed by atoms with Crippen molar-refractivity contribution < 1.29 is 27.5 Å². The molecular formula is C18H19F4NO2. The van der Waals surface area contributed by atoms with Gasteiger partial charge in [-0.25, -0.2) is 4.39 Å². The van der Waals surface area contributed by atoms with Crippen LogP contribution in [0.25, 0.3) is 0 Å². The van der Waals surface area contributed by atoms with E-state index < -0.39 is 35.7 Å².